The first-order chi connectivity index (χ1) is 45.9. The van der Waals surface area contributed by atoms with E-state index in [2.05, 4.69) is 20.9 Å². The van der Waals surface area contributed by atoms with Gasteiger partial charge in [0.1, 0.15) is 11.6 Å². The molecule has 28 nitrogen and oxygen atoms in total. The summed E-state index contributed by atoms with van der Waals surface area (Å²) in [6, 6.07) is 11.0. The average molecular weight is 1300 g/mol. The number of nitriles is 1. The first-order valence-electron chi connectivity index (χ1n) is 32.9. The van der Waals surface area contributed by atoms with Crippen LogP contribution in [-0.4, -0.2) is 111 Å². The molecule has 0 radical (unpaired) electrons. The number of benzene rings is 2. The molecule has 0 aliphatic rings. The van der Waals surface area contributed by atoms with Crippen LogP contribution in [0, 0.1) is 17.9 Å². The highest BCUT2D eigenvalue weighted by Crippen LogP contribution is 2.41. The molecule has 0 aliphatic carbocycles. The lowest BCUT2D eigenvalue weighted by Crippen LogP contribution is -2.15. The lowest BCUT2D eigenvalue weighted by molar-refractivity contribution is 0.0479. The van der Waals surface area contributed by atoms with Crippen LogP contribution in [0.4, 0.5) is 40.3 Å². The summed E-state index contributed by atoms with van der Waals surface area (Å²) < 4.78 is 33.7. The Labute approximate surface area is 553 Å². The summed E-state index contributed by atoms with van der Waals surface area (Å²) in [5.41, 5.74) is 16.7. The van der Waals surface area contributed by atoms with Gasteiger partial charge in [-0.2, -0.15) is 50.0 Å². The van der Waals surface area contributed by atoms with Crippen molar-refractivity contribution in [3.05, 3.63) is 98.4 Å². The van der Waals surface area contributed by atoms with Gasteiger partial charge >= 0.3 is 29.9 Å². The SMILES string of the molecule is [C-]#[N+]c1c(CCCC)nn(-c2cc(C(=O)OCCCC)cc(C(=O)OCCCC)c2)c1N=Nc1c(C(C)C)nn(-c2nc(OCCCC)nc(-n3nc(C(C)C)c(N=Nc4c(C#N)c(CCCC)nn4-c4cc(C(=O)OCCCC)cc(C(=O)OCCCC)c4)c3N)n2)c1N. The van der Waals surface area contributed by atoms with E-state index >= 15 is 0 Å². The quantitative estimate of drug-likeness (QED) is 0.0121. The molecule has 2 aromatic carbocycles. The maximum atomic E-state index is 13.6. The third kappa shape index (κ3) is 17.9. The van der Waals surface area contributed by atoms with Gasteiger partial charge in [0.2, 0.25) is 0 Å². The smallest absolute Gasteiger partial charge is 0.338 e. The van der Waals surface area contributed by atoms with Gasteiger partial charge in [-0.05, 0) is 106 Å². The van der Waals surface area contributed by atoms with Gasteiger partial charge in [0, 0.05) is 0 Å². The van der Waals surface area contributed by atoms with Crippen molar-refractivity contribution in [3.63, 3.8) is 0 Å². The van der Waals surface area contributed by atoms with Crippen LogP contribution in [0.25, 0.3) is 28.1 Å². The fourth-order valence-corrected chi connectivity index (χ4v) is 9.47. The lowest BCUT2D eigenvalue weighted by Gasteiger charge is -2.11. The maximum absolute atomic E-state index is 13.6. The molecular formula is C67H87N19O9. The van der Waals surface area contributed by atoms with Crippen molar-refractivity contribution < 1.29 is 42.9 Å². The van der Waals surface area contributed by atoms with Crippen LogP contribution in [0.5, 0.6) is 6.01 Å². The second kappa shape index (κ2) is 35.1. The summed E-state index contributed by atoms with van der Waals surface area (Å²) >= 11 is 0. The number of rotatable bonds is 36. The van der Waals surface area contributed by atoms with Gasteiger partial charge in [-0.15, -0.1) is 20.5 Å². The van der Waals surface area contributed by atoms with Gasteiger partial charge < -0.3 is 35.2 Å². The summed E-state index contributed by atoms with van der Waals surface area (Å²) in [4.78, 5) is 72.4. The van der Waals surface area contributed by atoms with Crippen LogP contribution in [0.2, 0.25) is 0 Å². The Kier molecular flexibility index (Phi) is 26.7. The van der Waals surface area contributed by atoms with Gasteiger partial charge in [0.05, 0.1) is 96.0 Å². The summed E-state index contributed by atoms with van der Waals surface area (Å²) in [6.45, 7) is 30.7. The van der Waals surface area contributed by atoms with Crippen molar-refractivity contribution in [2.45, 2.75) is 191 Å². The van der Waals surface area contributed by atoms with E-state index in [1.807, 2.05) is 76.2 Å². The third-order valence-corrected chi connectivity index (χ3v) is 14.9. The van der Waals surface area contributed by atoms with E-state index in [0.29, 0.717) is 80.6 Å². The number of hydrogen-bond donors (Lipinski definition) is 2. The van der Waals surface area contributed by atoms with Crippen LogP contribution in [0.3, 0.4) is 0 Å². The number of nitrogens with zero attached hydrogens (tertiary/aromatic N) is 17. The van der Waals surface area contributed by atoms with Crippen molar-refractivity contribution >= 4 is 64.2 Å². The van der Waals surface area contributed by atoms with Gasteiger partial charge in [-0.1, -0.05) is 121 Å². The molecule has 7 rings (SSSR count). The molecule has 504 valence electrons. The van der Waals surface area contributed by atoms with Crippen molar-refractivity contribution in [1.82, 2.24) is 54.1 Å². The van der Waals surface area contributed by atoms with E-state index in [1.54, 1.807) is 0 Å². The van der Waals surface area contributed by atoms with E-state index in [4.69, 9.17) is 87.6 Å². The zero-order chi connectivity index (χ0) is 68.7. The topological polar surface area (TPSA) is 354 Å². The second-order valence-electron chi connectivity index (χ2n) is 23.2. The molecular weight excluding hydrogens is 1210 g/mol. The Morgan fingerprint density at radius 2 is 0.874 bits per heavy atom. The normalized spacial score (nSPS) is 11.5. The number of ether oxygens (including phenoxy) is 5. The monoisotopic (exact) mass is 1300 g/mol. The number of unbranched alkanes of at least 4 members (excludes halogenated alkanes) is 7. The first kappa shape index (κ1) is 72.2. The van der Waals surface area contributed by atoms with Gasteiger partial charge in [-0.25, -0.2) is 33.4 Å². The standard InChI is InChI=1S/C67H87N19O9/c1-13-20-27-50-49(40-68)59(83(79-50)47-36-43(61(87)91-29-22-15-3)34-44(37-47)62(88)92-30-23-16-4)77-75-55-52(41(8)9)81-85(57(55)69)65-72-66(74-67(73-65)95-33-26-19-7)86-58(70)56(53(82-86)42(10)11)76-78-60-54(71-12)51(28-21-14-2)80-84(60)48-38-45(63(89)93-31-24-17-5)35-46(39-48)64(90)94-32-25-18-6/h34-39,41-42H,13-33,69-70H2,1-11H3. The third-order valence-electron chi connectivity index (χ3n) is 14.9. The molecule has 0 saturated carbocycles. The summed E-state index contributed by atoms with van der Waals surface area (Å²) in [5.74, 6) is -3.78. The number of hydrogen-bond acceptors (Lipinski definition) is 23. The summed E-state index contributed by atoms with van der Waals surface area (Å²) in [6.07, 6.45) is 10.9. The Bertz CT molecular complexity index is 3650. The van der Waals surface area contributed by atoms with Crippen molar-refractivity contribution in [3.8, 4) is 35.4 Å². The highest BCUT2D eigenvalue weighted by atomic mass is 16.5. The predicted molar refractivity (Wildman–Crippen MR) is 356 cm³/mol. The Morgan fingerprint density at radius 1 is 0.505 bits per heavy atom. The number of carbonyl (C=O) groups excluding carboxylic acids is 4. The Morgan fingerprint density at radius 3 is 1.25 bits per heavy atom. The number of nitrogen functional groups attached to an aromatic ring is 2. The molecule has 0 fully saturated rings. The summed E-state index contributed by atoms with van der Waals surface area (Å²) in [5, 5.41) is 49.1. The number of carbonyl (C=O) groups is 4. The van der Waals surface area contributed by atoms with Crippen LogP contribution in [-0.2, 0) is 31.8 Å². The molecule has 0 saturated heterocycles. The fraction of sp³-hybridized carbons (Fsp3) is 0.507. The number of esters is 4. The predicted octanol–water partition coefficient (Wildman–Crippen LogP) is 15.0. The molecule has 0 atom stereocenters. The first-order valence-corrected chi connectivity index (χ1v) is 32.9. The number of aryl methyl sites for hydroxylation is 2. The van der Waals surface area contributed by atoms with E-state index in [0.717, 1.165) is 44.9 Å². The van der Waals surface area contributed by atoms with Gasteiger partial charge in [-0.3, -0.25) is 0 Å². The van der Waals surface area contributed by atoms with E-state index in [-0.39, 0.29) is 142 Å². The molecule has 7 aromatic rings. The molecule has 5 heterocycles. The minimum atomic E-state index is -0.664. The van der Waals surface area contributed by atoms with Crippen LogP contribution >= 0.6 is 0 Å². The molecule has 0 unspecified atom stereocenters. The molecule has 4 N–H and O–H groups in total. The fourth-order valence-electron chi connectivity index (χ4n) is 9.47. The zero-order valence-corrected chi connectivity index (χ0v) is 56.4. The van der Waals surface area contributed by atoms with E-state index < -0.39 is 23.9 Å². The Balaban J connectivity index is 1.38. The Hall–Kier alpha value is -10.2. The maximum Gasteiger partial charge on any atom is 0.338 e. The second-order valence-corrected chi connectivity index (χ2v) is 23.2. The molecule has 0 aliphatic heterocycles. The average Bonchev–Trinajstić information content (AvgIpc) is 1.66. The zero-order valence-electron chi connectivity index (χ0n) is 56.4. The number of nitrogens with two attached hydrogens (primary N) is 2. The molecule has 28 heteroatoms. The van der Waals surface area contributed by atoms with Gasteiger partial charge in [0.15, 0.2) is 34.6 Å². The van der Waals surface area contributed by atoms with E-state index in [1.165, 1.54) is 55.1 Å². The molecule has 0 spiro atoms. The molecule has 5 aromatic heterocycles. The molecule has 95 heavy (non-hydrogen) atoms. The van der Waals surface area contributed by atoms with Crippen LogP contribution < -0.4 is 16.2 Å². The number of azo groups is 2. The minimum absolute atomic E-state index is 0.0139. The number of aromatic nitrogens is 11. The summed E-state index contributed by atoms with van der Waals surface area (Å²) in [7, 11) is 0. The lowest BCUT2D eigenvalue weighted by atomic mass is 10.1. The van der Waals surface area contributed by atoms with Crippen molar-refractivity contribution in [2.24, 2.45) is 20.5 Å². The van der Waals surface area contributed by atoms with Crippen LogP contribution in [0.1, 0.15) is 248 Å². The largest absolute Gasteiger partial charge is 0.463 e. The van der Waals surface area contributed by atoms with Crippen LogP contribution in [0.15, 0.2) is 56.9 Å². The number of anilines is 2. The molecule has 0 bridgehead atoms. The van der Waals surface area contributed by atoms with Crippen molar-refractivity contribution in [2.75, 3.05) is 44.5 Å². The van der Waals surface area contributed by atoms with Gasteiger partial charge in [0.25, 0.3) is 17.6 Å². The minimum Gasteiger partial charge on any atom is -0.463 e. The van der Waals surface area contributed by atoms with Crippen molar-refractivity contribution in [1.29, 1.82) is 5.26 Å². The highest BCUT2D eigenvalue weighted by Gasteiger charge is 2.29. The highest BCUT2D eigenvalue weighted by molar-refractivity contribution is 5.97. The van der Waals surface area contributed by atoms with E-state index in [9.17, 15) is 24.4 Å². The molecule has 0 amide bonds.